The summed E-state index contributed by atoms with van der Waals surface area (Å²) in [6, 6.07) is 6.34. The summed E-state index contributed by atoms with van der Waals surface area (Å²) in [7, 11) is 0. The van der Waals surface area contributed by atoms with E-state index in [-0.39, 0.29) is 5.91 Å². The molecule has 0 fully saturated rings. The smallest absolute Gasteiger partial charge is 0.257 e. The molecule has 110 valence electrons. The average molecular weight is 281 g/mol. The molecule has 0 aliphatic carbocycles. The normalized spacial score (nSPS) is 18.7. The van der Waals surface area contributed by atoms with Gasteiger partial charge in [-0.05, 0) is 43.9 Å². The molecular weight excluding hydrogens is 258 g/mol. The monoisotopic (exact) mass is 281 g/mol. The van der Waals surface area contributed by atoms with Crippen molar-refractivity contribution in [3.8, 4) is 0 Å². The Morgan fingerprint density at radius 3 is 2.86 bits per heavy atom. The van der Waals surface area contributed by atoms with Gasteiger partial charge in [0, 0.05) is 17.8 Å². The number of benzene rings is 1. The number of carbonyl (C=O) groups is 1. The lowest BCUT2D eigenvalue weighted by Gasteiger charge is -2.33. The van der Waals surface area contributed by atoms with Gasteiger partial charge in [0.1, 0.15) is 0 Å². The van der Waals surface area contributed by atoms with Crippen LogP contribution >= 0.6 is 0 Å². The highest BCUT2D eigenvalue weighted by atomic mass is 16.2. The quantitative estimate of drug-likeness (QED) is 0.600. The average Bonchev–Trinajstić information content (AvgIpc) is 2.46. The molecule has 1 aromatic rings. The molecule has 0 radical (unpaired) electrons. The largest absolute Gasteiger partial charge is 0.308 e. The van der Waals surface area contributed by atoms with Crippen molar-refractivity contribution in [3.63, 3.8) is 0 Å². The summed E-state index contributed by atoms with van der Waals surface area (Å²) in [4.78, 5) is 14.7. The molecule has 1 amide bonds. The highest BCUT2D eigenvalue weighted by Gasteiger charge is 2.27. The van der Waals surface area contributed by atoms with Crippen LogP contribution in [0.25, 0.3) is 0 Å². The molecule has 0 N–H and O–H groups in total. The van der Waals surface area contributed by atoms with Gasteiger partial charge < -0.3 is 4.90 Å². The van der Waals surface area contributed by atoms with E-state index in [4.69, 9.17) is 0 Å². The summed E-state index contributed by atoms with van der Waals surface area (Å²) < 4.78 is 0. The third kappa shape index (κ3) is 3.33. The lowest BCUT2D eigenvalue weighted by atomic mass is 9.92. The number of hydrogen-bond acceptors (Lipinski definition) is 1. The molecule has 21 heavy (non-hydrogen) atoms. The first-order valence-electron chi connectivity index (χ1n) is 7.43. The summed E-state index contributed by atoms with van der Waals surface area (Å²) in [5.41, 5.74) is 4.27. The standard InChI is InChI=1S/C19H23NO/c1-5-7-8-16(6-2)19(21)20-13-15(4)12-17-11-14(3)9-10-18(17)20/h5-11,15H,1,12-13H2,2-4H3/b8-7-,16-6+. The summed E-state index contributed by atoms with van der Waals surface area (Å²) in [5.74, 6) is 0.539. The van der Waals surface area contributed by atoms with E-state index in [0.29, 0.717) is 11.5 Å². The first-order valence-corrected chi connectivity index (χ1v) is 7.43. The van der Waals surface area contributed by atoms with Gasteiger partial charge in [-0.1, -0.05) is 49.4 Å². The summed E-state index contributed by atoms with van der Waals surface area (Å²) in [6.45, 7) is 10.6. The summed E-state index contributed by atoms with van der Waals surface area (Å²) in [5, 5.41) is 0. The Labute approximate surface area is 127 Å². The van der Waals surface area contributed by atoms with Crippen LogP contribution in [0.4, 0.5) is 5.69 Å². The van der Waals surface area contributed by atoms with Crippen LogP contribution in [0, 0.1) is 12.8 Å². The van der Waals surface area contributed by atoms with Crippen molar-refractivity contribution in [1.29, 1.82) is 0 Å². The molecule has 0 spiro atoms. The van der Waals surface area contributed by atoms with Crippen molar-refractivity contribution in [2.24, 2.45) is 5.92 Å². The maximum absolute atomic E-state index is 12.8. The van der Waals surface area contributed by atoms with E-state index in [9.17, 15) is 4.79 Å². The maximum Gasteiger partial charge on any atom is 0.257 e. The Morgan fingerprint density at radius 1 is 1.43 bits per heavy atom. The Morgan fingerprint density at radius 2 is 2.19 bits per heavy atom. The molecule has 2 heteroatoms. The van der Waals surface area contributed by atoms with Crippen LogP contribution in [0.15, 0.2) is 54.7 Å². The molecule has 2 rings (SSSR count). The maximum atomic E-state index is 12.8. The predicted octanol–water partition coefficient (Wildman–Crippen LogP) is 4.21. The first-order chi connectivity index (χ1) is 10.1. The second kappa shape index (κ2) is 6.57. The molecule has 0 aromatic heterocycles. The molecule has 0 bridgehead atoms. The molecule has 0 saturated carbocycles. The SMILES string of the molecule is C=C/C=C\C(=C/C)C(=O)N1CC(C)Cc2cc(C)ccc21. The van der Waals surface area contributed by atoms with Crippen LogP contribution in [-0.2, 0) is 11.2 Å². The zero-order valence-electron chi connectivity index (χ0n) is 13.1. The molecule has 1 unspecified atom stereocenters. The van der Waals surface area contributed by atoms with E-state index in [1.165, 1.54) is 11.1 Å². The van der Waals surface area contributed by atoms with Crippen LogP contribution in [0.1, 0.15) is 25.0 Å². The summed E-state index contributed by atoms with van der Waals surface area (Å²) in [6.07, 6.45) is 8.20. The van der Waals surface area contributed by atoms with E-state index in [1.54, 1.807) is 12.2 Å². The zero-order chi connectivity index (χ0) is 15.4. The Kier molecular flexibility index (Phi) is 4.79. The molecule has 2 nitrogen and oxygen atoms in total. The van der Waals surface area contributed by atoms with Crippen molar-refractivity contribution in [1.82, 2.24) is 0 Å². The lowest BCUT2D eigenvalue weighted by Crippen LogP contribution is -2.39. The van der Waals surface area contributed by atoms with Gasteiger partial charge in [0.15, 0.2) is 0 Å². The van der Waals surface area contributed by atoms with Crippen molar-refractivity contribution in [2.75, 3.05) is 11.4 Å². The third-order valence-electron chi connectivity index (χ3n) is 3.80. The highest BCUT2D eigenvalue weighted by molar-refractivity contribution is 6.08. The van der Waals surface area contributed by atoms with Gasteiger partial charge in [-0.2, -0.15) is 0 Å². The number of nitrogens with zero attached hydrogens (tertiary/aromatic N) is 1. The third-order valence-corrected chi connectivity index (χ3v) is 3.80. The molecule has 1 aromatic carbocycles. The predicted molar refractivity (Wildman–Crippen MR) is 89.5 cm³/mol. The van der Waals surface area contributed by atoms with Gasteiger partial charge in [-0.25, -0.2) is 0 Å². The van der Waals surface area contributed by atoms with E-state index >= 15 is 0 Å². The minimum atomic E-state index is 0.0623. The van der Waals surface area contributed by atoms with Crippen LogP contribution < -0.4 is 4.90 Å². The first kappa shape index (κ1) is 15.3. The second-order valence-corrected chi connectivity index (χ2v) is 5.70. The van der Waals surface area contributed by atoms with Gasteiger partial charge in [-0.15, -0.1) is 0 Å². The highest BCUT2D eigenvalue weighted by Crippen LogP contribution is 2.31. The number of fused-ring (bicyclic) bond motifs is 1. The fourth-order valence-electron chi connectivity index (χ4n) is 2.80. The van der Waals surface area contributed by atoms with Gasteiger partial charge >= 0.3 is 0 Å². The van der Waals surface area contributed by atoms with E-state index < -0.39 is 0 Å². The van der Waals surface area contributed by atoms with Crippen molar-refractivity contribution < 1.29 is 4.79 Å². The minimum absolute atomic E-state index is 0.0623. The van der Waals surface area contributed by atoms with Gasteiger partial charge in [-0.3, -0.25) is 4.79 Å². The Bertz CT molecular complexity index is 610. The van der Waals surface area contributed by atoms with Crippen LogP contribution in [0.2, 0.25) is 0 Å². The Hall–Kier alpha value is -2.09. The number of aryl methyl sites for hydroxylation is 1. The Balaban J connectivity index is 2.38. The lowest BCUT2D eigenvalue weighted by molar-refractivity contribution is -0.115. The molecular formula is C19H23NO. The van der Waals surface area contributed by atoms with E-state index in [2.05, 4.69) is 38.6 Å². The van der Waals surface area contributed by atoms with Crippen LogP contribution in [-0.4, -0.2) is 12.5 Å². The molecule has 1 aliphatic heterocycles. The fraction of sp³-hybridized carbons (Fsp3) is 0.316. The van der Waals surface area contributed by atoms with Gasteiger partial charge in [0.05, 0.1) is 0 Å². The fourth-order valence-corrected chi connectivity index (χ4v) is 2.80. The van der Waals surface area contributed by atoms with Crippen molar-refractivity contribution in [3.05, 3.63) is 65.8 Å². The van der Waals surface area contributed by atoms with E-state index in [1.807, 2.05) is 24.0 Å². The number of rotatable bonds is 3. The zero-order valence-corrected chi connectivity index (χ0v) is 13.1. The van der Waals surface area contributed by atoms with Crippen molar-refractivity contribution in [2.45, 2.75) is 27.2 Å². The second-order valence-electron chi connectivity index (χ2n) is 5.70. The summed E-state index contributed by atoms with van der Waals surface area (Å²) >= 11 is 0. The molecule has 1 heterocycles. The van der Waals surface area contributed by atoms with Gasteiger partial charge in [0.2, 0.25) is 0 Å². The van der Waals surface area contributed by atoms with E-state index in [0.717, 1.165) is 18.7 Å². The number of carbonyl (C=O) groups excluding carboxylic acids is 1. The molecule has 1 aliphatic rings. The van der Waals surface area contributed by atoms with Crippen LogP contribution in [0.3, 0.4) is 0 Å². The minimum Gasteiger partial charge on any atom is -0.308 e. The number of allylic oxidation sites excluding steroid dienone is 3. The number of anilines is 1. The number of hydrogen-bond donors (Lipinski definition) is 0. The topological polar surface area (TPSA) is 20.3 Å². The van der Waals surface area contributed by atoms with Gasteiger partial charge in [0.25, 0.3) is 5.91 Å². The molecule has 0 saturated heterocycles. The van der Waals surface area contributed by atoms with Crippen LogP contribution in [0.5, 0.6) is 0 Å². The number of amides is 1. The van der Waals surface area contributed by atoms with Crippen molar-refractivity contribution >= 4 is 11.6 Å². The molecule has 1 atom stereocenters.